The second-order valence-corrected chi connectivity index (χ2v) is 22.9. The van der Waals surface area contributed by atoms with E-state index in [1.807, 2.05) is 42.5 Å². The van der Waals surface area contributed by atoms with Crippen LogP contribution in [0.2, 0.25) is 0 Å². The monoisotopic (exact) mass is 1160 g/mol. The van der Waals surface area contributed by atoms with Gasteiger partial charge in [0, 0.05) is 6.42 Å². The van der Waals surface area contributed by atoms with E-state index >= 15 is 0 Å². The molecule has 3 N–H and O–H groups in total. The van der Waals surface area contributed by atoms with Crippen molar-refractivity contribution in [2.45, 2.75) is 230 Å². The highest BCUT2D eigenvalue weighted by atomic mass is 32.3. The van der Waals surface area contributed by atoms with Crippen molar-refractivity contribution in [2.75, 3.05) is 13.2 Å². The summed E-state index contributed by atoms with van der Waals surface area (Å²) >= 11 is 0. The number of hydrogen-bond acceptors (Lipinski definition) is 14. The van der Waals surface area contributed by atoms with Crippen LogP contribution in [-0.2, 0) is 64.2 Å². The van der Waals surface area contributed by atoms with Crippen molar-refractivity contribution >= 4 is 38.6 Å². The summed E-state index contributed by atoms with van der Waals surface area (Å²) in [4.78, 5) is 41.9. The Kier molecular flexibility index (Phi) is 33.8. The molecule has 0 aliphatic carbocycles. The quantitative estimate of drug-likeness (QED) is 0.0206. The molecule has 1 heterocycles. The Morgan fingerprint density at radius 3 is 1.50 bits per heavy atom. The molecule has 0 saturated carbocycles. The topological polar surface area (TPSA) is 237 Å². The van der Waals surface area contributed by atoms with E-state index in [4.69, 9.17) is 27.9 Å². The highest BCUT2D eigenvalue weighted by Gasteiger charge is 2.54. The number of carbonyl (C=O) groups excluding carboxylic acids is 3. The van der Waals surface area contributed by atoms with E-state index < -0.39 is 88.8 Å². The van der Waals surface area contributed by atoms with Crippen LogP contribution in [0.3, 0.4) is 0 Å². The summed E-state index contributed by atoms with van der Waals surface area (Å²) < 4.78 is 109. The van der Waals surface area contributed by atoms with Gasteiger partial charge in [-0.3, -0.25) is 13.9 Å². The number of ether oxygens (including phenoxy) is 5. The predicted molar refractivity (Wildman–Crippen MR) is 307 cm³/mol. The number of carbonyl (C=O) groups is 3. The average molecular weight is 1160 g/mol. The zero-order chi connectivity index (χ0) is 57.7. The van der Waals surface area contributed by atoms with Crippen LogP contribution in [0.15, 0.2) is 103 Å². The number of esters is 2. The molecule has 1 fully saturated rings. The van der Waals surface area contributed by atoms with Crippen molar-refractivity contribution in [3.8, 4) is 0 Å². The first-order valence-electron chi connectivity index (χ1n) is 29.4. The van der Waals surface area contributed by atoms with Crippen molar-refractivity contribution in [3.05, 3.63) is 120 Å². The van der Waals surface area contributed by atoms with Crippen LogP contribution in [0.5, 0.6) is 0 Å². The third kappa shape index (κ3) is 29.4. The van der Waals surface area contributed by atoms with Crippen LogP contribution < -0.4 is 5.32 Å². The SMILES string of the molecule is CCCCCCCCCCCCC/C=C/[C@@H](OCc1ccccc1)[C@H](CO[C@H]1O[C@H](COS(=O)(=O)O)[C@H](OS(=O)(=O)O)[C@H](OC(=O)c2ccccc2)[C@H]1OC(=O)c1ccccc1)NC(=O)CCCCCCCCCCCCCCC. The van der Waals surface area contributed by atoms with Crippen LogP contribution in [0.1, 0.15) is 207 Å². The molecule has 1 aliphatic rings. The Labute approximate surface area is 477 Å². The lowest BCUT2D eigenvalue weighted by atomic mass is 9.98. The fourth-order valence-corrected chi connectivity index (χ4v) is 10.4. The van der Waals surface area contributed by atoms with Crippen LogP contribution in [0.25, 0.3) is 0 Å². The number of amides is 1. The summed E-state index contributed by atoms with van der Waals surface area (Å²) in [6.45, 7) is 2.97. The molecular weight excluding hydrogens is 1070 g/mol. The minimum atomic E-state index is -5.48. The summed E-state index contributed by atoms with van der Waals surface area (Å²) in [5, 5.41) is 3.11. The van der Waals surface area contributed by atoms with Crippen molar-refractivity contribution in [1.29, 1.82) is 0 Å². The molecule has 0 spiro atoms. The normalized spacial score (nSPS) is 18.4. The van der Waals surface area contributed by atoms with Gasteiger partial charge < -0.3 is 29.0 Å². The number of benzene rings is 3. The number of allylic oxidation sites excluding steroid dienone is 1. The minimum Gasteiger partial charge on any atom is -0.452 e. The molecule has 0 unspecified atom stereocenters. The fraction of sp³-hybridized carbons (Fsp3) is 0.623. The number of hydrogen-bond donors (Lipinski definition) is 3. The van der Waals surface area contributed by atoms with E-state index in [2.05, 4.69) is 23.3 Å². The lowest BCUT2D eigenvalue weighted by molar-refractivity contribution is -0.296. The van der Waals surface area contributed by atoms with Gasteiger partial charge in [-0.25, -0.2) is 18.0 Å². The standard InChI is InChI=1S/C61H91NO16S2/c1-3-5-7-9-11-13-15-17-19-21-23-25-36-44-53(72-46-49-38-30-27-31-39-49)52(62-55(63)45-37-26-24-22-20-18-16-14-12-10-8-6-4-2)47-73-61-58(77-60(65)51-42-34-29-35-43-51)57(76-59(64)50-40-32-28-33-41-50)56(78-80(69,70)71)54(75-61)48-74-79(66,67)68/h27-36,38-44,52-54,56-58,61H,3-26,37,45-48H2,1-2H3,(H,62,63)(H,66,67,68)(H,69,70,71)/b44-36+/t52-,53+,54+,56-,57-,58+,61-/m0/s1. The van der Waals surface area contributed by atoms with Crippen molar-refractivity contribution in [1.82, 2.24) is 5.32 Å². The van der Waals surface area contributed by atoms with Gasteiger partial charge in [-0.05, 0) is 49.1 Å². The van der Waals surface area contributed by atoms with Gasteiger partial charge in [-0.1, -0.05) is 234 Å². The van der Waals surface area contributed by atoms with Gasteiger partial charge in [0.15, 0.2) is 18.5 Å². The van der Waals surface area contributed by atoms with Crippen LogP contribution in [0, 0.1) is 0 Å². The third-order valence-corrected chi connectivity index (χ3v) is 14.9. The molecule has 3 aromatic carbocycles. The molecule has 7 atom stereocenters. The van der Waals surface area contributed by atoms with E-state index in [9.17, 15) is 40.3 Å². The van der Waals surface area contributed by atoms with Crippen LogP contribution >= 0.6 is 0 Å². The first kappa shape index (κ1) is 67.9. The highest BCUT2D eigenvalue weighted by Crippen LogP contribution is 2.32. The second kappa shape index (κ2) is 39.8. The maximum Gasteiger partial charge on any atom is 0.397 e. The Hall–Kier alpha value is -4.57. The Morgan fingerprint density at radius 1 is 0.575 bits per heavy atom. The first-order chi connectivity index (χ1) is 38.7. The molecule has 3 aromatic rings. The van der Waals surface area contributed by atoms with E-state index in [1.54, 1.807) is 24.3 Å². The van der Waals surface area contributed by atoms with Gasteiger partial charge in [0.2, 0.25) is 5.91 Å². The molecule has 1 saturated heterocycles. The zero-order valence-electron chi connectivity index (χ0n) is 47.3. The highest BCUT2D eigenvalue weighted by molar-refractivity contribution is 7.81. The Bertz CT molecular complexity index is 2390. The van der Waals surface area contributed by atoms with Crippen LogP contribution in [0.4, 0.5) is 0 Å². The van der Waals surface area contributed by atoms with Gasteiger partial charge in [0.25, 0.3) is 0 Å². The molecule has 0 aromatic heterocycles. The third-order valence-electron chi connectivity index (χ3n) is 14.0. The largest absolute Gasteiger partial charge is 0.452 e. The maximum absolute atomic E-state index is 14.1. The van der Waals surface area contributed by atoms with Crippen molar-refractivity contribution in [2.24, 2.45) is 0 Å². The molecule has 4 rings (SSSR count). The lowest BCUT2D eigenvalue weighted by Crippen LogP contribution is -2.63. The fourth-order valence-electron chi connectivity index (χ4n) is 9.58. The lowest BCUT2D eigenvalue weighted by Gasteiger charge is -2.44. The van der Waals surface area contributed by atoms with Gasteiger partial charge in [0.05, 0.1) is 43.1 Å². The minimum absolute atomic E-state index is 0.0130. The molecule has 0 radical (unpaired) electrons. The Balaban J connectivity index is 1.64. The average Bonchev–Trinajstić information content (AvgIpc) is 3.44. The molecule has 1 aliphatic heterocycles. The number of unbranched alkanes of at least 4 members (excludes halogenated alkanes) is 23. The van der Waals surface area contributed by atoms with E-state index in [0.29, 0.717) is 6.42 Å². The second-order valence-electron chi connectivity index (χ2n) is 20.7. The molecule has 19 heteroatoms. The number of rotatable bonds is 44. The van der Waals surface area contributed by atoms with Crippen molar-refractivity contribution < 1.29 is 72.4 Å². The molecule has 0 bridgehead atoms. The van der Waals surface area contributed by atoms with E-state index in [1.165, 1.54) is 139 Å². The van der Waals surface area contributed by atoms with Crippen molar-refractivity contribution in [3.63, 3.8) is 0 Å². The predicted octanol–water partition coefficient (Wildman–Crippen LogP) is 13.0. The summed E-state index contributed by atoms with van der Waals surface area (Å²) in [5.41, 5.74) is 0.831. The summed E-state index contributed by atoms with van der Waals surface area (Å²) in [7, 11) is -10.7. The smallest absolute Gasteiger partial charge is 0.397 e. The summed E-state index contributed by atoms with van der Waals surface area (Å²) in [6, 6.07) is 23.6. The molecule has 17 nitrogen and oxygen atoms in total. The summed E-state index contributed by atoms with van der Waals surface area (Å²) in [5.74, 6) is -2.38. The van der Waals surface area contributed by atoms with E-state index in [0.717, 1.165) is 56.9 Å². The van der Waals surface area contributed by atoms with Gasteiger partial charge in [0.1, 0.15) is 12.2 Å². The summed E-state index contributed by atoms with van der Waals surface area (Å²) in [6.07, 6.45) is 21.9. The Morgan fingerprint density at radius 2 is 1.02 bits per heavy atom. The number of nitrogens with one attached hydrogen (secondary N) is 1. The van der Waals surface area contributed by atoms with E-state index in [-0.39, 0.29) is 30.1 Å². The van der Waals surface area contributed by atoms with Gasteiger partial charge in [-0.15, -0.1) is 0 Å². The maximum atomic E-state index is 14.1. The zero-order valence-corrected chi connectivity index (χ0v) is 48.9. The van der Waals surface area contributed by atoms with Gasteiger partial charge in [-0.2, -0.15) is 16.8 Å². The van der Waals surface area contributed by atoms with Crippen LogP contribution in [-0.4, -0.2) is 99.9 Å². The van der Waals surface area contributed by atoms with Gasteiger partial charge >= 0.3 is 32.7 Å². The first-order valence-corrected chi connectivity index (χ1v) is 32.1. The molecule has 448 valence electrons. The molecular formula is C61H91NO16S2. The molecule has 1 amide bonds. The molecule has 80 heavy (non-hydrogen) atoms.